The predicted molar refractivity (Wildman–Crippen MR) is 62.2 cm³/mol. The van der Waals surface area contributed by atoms with E-state index < -0.39 is 30.5 Å². The van der Waals surface area contributed by atoms with Gasteiger partial charge in [0.15, 0.2) is 0 Å². The summed E-state index contributed by atoms with van der Waals surface area (Å²) in [5, 5.41) is 10.7. The Morgan fingerprint density at radius 2 is 2.06 bits per heavy atom. The van der Waals surface area contributed by atoms with Crippen molar-refractivity contribution in [3.63, 3.8) is 0 Å². The molecular weight excluding hydrogens is 284 g/mol. The van der Waals surface area contributed by atoms with E-state index in [0.29, 0.717) is 0 Å². The standard InChI is InChI=1S/C9H5ClN2O5S/c10-18(16,17)7-3-1-6(2-4-9(11)13)8(5-7)12(14)15/h1,3,5H,(H2,11,13). The number of hydrogen-bond donors (Lipinski definition) is 1. The van der Waals surface area contributed by atoms with E-state index in [4.69, 9.17) is 16.4 Å². The summed E-state index contributed by atoms with van der Waals surface area (Å²) in [6.45, 7) is 0. The molecule has 0 spiro atoms. The van der Waals surface area contributed by atoms with Gasteiger partial charge in [0.2, 0.25) is 0 Å². The quantitative estimate of drug-likeness (QED) is 0.364. The van der Waals surface area contributed by atoms with Crippen molar-refractivity contribution in [2.24, 2.45) is 5.73 Å². The molecule has 0 atom stereocenters. The molecule has 0 fully saturated rings. The molecule has 94 valence electrons. The summed E-state index contributed by atoms with van der Waals surface area (Å²) in [4.78, 5) is 19.9. The normalized spacial score (nSPS) is 10.3. The zero-order valence-electron chi connectivity index (χ0n) is 8.58. The number of hydrogen-bond acceptors (Lipinski definition) is 5. The number of rotatable bonds is 2. The van der Waals surface area contributed by atoms with Crippen LogP contribution in [-0.2, 0) is 13.8 Å². The Kier molecular flexibility index (Phi) is 3.90. The van der Waals surface area contributed by atoms with Crippen LogP contribution in [0, 0.1) is 22.0 Å². The van der Waals surface area contributed by atoms with E-state index in [1.165, 1.54) is 0 Å². The summed E-state index contributed by atoms with van der Waals surface area (Å²) in [5.74, 6) is 3.13. The minimum atomic E-state index is -4.08. The van der Waals surface area contributed by atoms with Crippen molar-refractivity contribution in [1.82, 2.24) is 0 Å². The highest BCUT2D eigenvalue weighted by Crippen LogP contribution is 2.24. The van der Waals surface area contributed by atoms with Crippen LogP contribution in [0.2, 0.25) is 0 Å². The fraction of sp³-hybridized carbons (Fsp3) is 0. The molecule has 0 aliphatic carbocycles. The molecule has 7 nitrogen and oxygen atoms in total. The van der Waals surface area contributed by atoms with Gasteiger partial charge >= 0.3 is 0 Å². The van der Waals surface area contributed by atoms with Gasteiger partial charge in [0.1, 0.15) is 5.56 Å². The number of nitro groups is 1. The molecule has 0 heterocycles. The highest BCUT2D eigenvalue weighted by Gasteiger charge is 2.18. The maximum atomic E-state index is 11.0. The van der Waals surface area contributed by atoms with Crippen LogP contribution in [-0.4, -0.2) is 19.2 Å². The van der Waals surface area contributed by atoms with Gasteiger partial charge in [0, 0.05) is 22.7 Å². The van der Waals surface area contributed by atoms with Gasteiger partial charge in [-0.3, -0.25) is 14.9 Å². The number of nitro benzene ring substituents is 1. The average Bonchev–Trinajstić information content (AvgIpc) is 2.24. The number of nitrogens with two attached hydrogens (primary N) is 1. The minimum Gasteiger partial charge on any atom is -0.359 e. The van der Waals surface area contributed by atoms with Crippen LogP contribution in [0.5, 0.6) is 0 Å². The lowest BCUT2D eigenvalue weighted by Gasteiger charge is -1.98. The van der Waals surface area contributed by atoms with Gasteiger partial charge in [0.25, 0.3) is 20.6 Å². The lowest BCUT2D eigenvalue weighted by molar-refractivity contribution is -0.385. The number of amides is 1. The molecule has 2 N–H and O–H groups in total. The summed E-state index contributed by atoms with van der Waals surface area (Å²) in [6.07, 6.45) is 0. The second-order valence-corrected chi connectivity index (χ2v) is 5.55. The maximum absolute atomic E-state index is 11.0. The Bertz CT molecular complexity index is 687. The first-order valence-electron chi connectivity index (χ1n) is 4.26. The van der Waals surface area contributed by atoms with E-state index in [1.807, 2.05) is 5.92 Å². The van der Waals surface area contributed by atoms with Crippen molar-refractivity contribution in [1.29, 1.82) is 0 Å². The molecule has 0 aliphatic heterocycles. The first-order chi connectivity index (χ1) is 8.21. The van der Waals surface area contributed by atoms with Gasteiger partial charge in [-0.05, 0) is 18.1 Å². The van der Waals surface area contributed by atoms with Crippen molar-refractivity contribution in [3.05, 3.63) is 33.9 Å². The lowest BCUT2D eigenvalue weighted by Crippen LogP contribution is -2.06. The van der Waals surface area contributed by atoms with Crippen molar-refractivity contribution in [2.45, 2.75) is 4.90 Å². The van der Waals surface area contributed by atoms with Crippen LogP contribution >= 0.6 is 10.7 Å². The Labute approximate surface area is 106 Å². The van der Waals surface area contributed by atoms with Crippen LogP contribution in [0.4, 0.5) is 5.69 Å². The van der Waals surface area contributed by atoms with Crippen molar-refractivity contribution >= 4 is 31.3 Å². The maximum Gasteiger partial charge on any atom is 0.293 e. The summed E-state index contributed by atoms with van der Waals surface area (Å²) < 4.78 is 22.0. The Morgan fingerprint density at radius 3 is 2.50 bits per heavy atom. The second-order valence-electron chi connectivity index (χ2n) is 2.99. The minimum absolute atomic E-state index is 0.136. The SMILES string of the molecule is NC(=O)C#Cc1ccc(S(=O)(=O)Cl)cc1[N+](=O)[O-]. The number of carbonyl (C=O) groups excluding carboxylic acids is 1. The fourth-order valence-corrected chi connectivity index (χ4v) is 1.82. The number of benzene rings is 1. The molecule has 0 saturated heterocycles. The lowest BCUT2D eigenvalue weighted by atomic mass is 10.2. The van der Waals surface area contributed by atoms with Crippen LogP contribution < -0.4 is 5.73 Å². The van der Waals surface area contributed by atoms with E-state index in [0.717, 1.165) is 18.2 Å². The van der Waals surface area contributed by atoms with Crippen LogP contribution in [0.15, 0.2) is 23.1 Å². The van der Waals surface area contributed by atoms with Crippen LogP contribution in [0.3, 0.4) is 0 Å². The zero-order valence-corrected chi connectivity index (χ0v) is 10.2. The summed E-state index contributed by atoms with van der Waals surface area (Å²) >= 11 is 0. The summed E-state index contributed by atoms with van der Waals surface area (Å²) in [7, 11) is 0.976. The first-order valence-corrected chi connectivity index (χ1v) is 6.57. The molecule has 0 aliphatic rings. The topological polar surface area (TPSA) is 120 Å². The number of carbonyl (C=O) groups is 1. The molecule has 1 aromatic rings. The third-order valence-electron chi connectivity index (χ3n) is 1.77. The number of halogens is 1. The van der Waals surface area contributed by atoms with Gasteiger partial charge in [0.05, 0.1) is 9.82 Å². The predicted octanol–water partition coefficient (Wildman–Crippen LogP) is 0.359. The smallest absolute Gasteiger partial charge is 0.293 e. The summed E-state index contributed by atoms with van der Waals surface area (Å²) in [5.41, 5.74) is 4.05. The van der Waals surface area contributed by atoms with Gasteiger partial charge in [-0.2, -0.15) is 0 Å². The monoisotopic (exact) mass is 288 g/mol. The Balaban J connectivity index is 3.45. The number of nitrogens with zero attached hydrogens (tertiary/aromatic N) is 1. The average molecular weight is 289 g/mol. The van der Waals surface area contributed by atoms with E-state index in [-0.39, 0.29) is 5.56 Å². The van der Waals surface area contributed by atoms with Gasteiger partial charge < -0.3 is 5.73 Å². The molecule has 0 unspecified atom stereocenters. The first kappa shape index (κ1) is 14.0. The molecule has 18 heavy (non-hydrogen) atoms. The third-order valence-corrected chi connectivity index (χ3v) is 3.12. The molecule has 9 heteroatoms. The van der Waals surface area contributed by atoms with Gasteiger partial charge in [-0.1, -0.05) is 0 Å². The number of primary amides is 1. The Hall–Kier alpha value is -2.11. The van der Waals surface area contributed by atoms with Gasteiger partial charge in [-0.15, -0.1) is 0 Å². The molecule has 1 aromatic carbocycles. The van der Waals surface area contributed by atoms with E-state index >= 15 is 0 Å². The zero-order chi connectivity index (χ0) is 13.9. The molecule has 1 amide bonds. The van der Waals surface area contributed by atoms with Gasteiger partial charge in [-0.25, -0.2) is 8.42 Å². The van der Waals surface area contributed by atoms with E-state index in [9.17, 15) is 23.3 Å². The molecule has 0 saturated carbocycles. The largest absolute Gasteiger partial charge is 0.359 e. The molecular formula is C9H5ClN2O5S. The van der Waals surface area contributed by atoms with Crippen molar-refractivity contribution in [2.75, 3.05) is 0 Å². The van der Waals surface area contributed by atoms with Crippen LogP contribution in [0.1, 0.15) is 5.56 Å². The Morgan fingerprint density at radius 1 is 1.44 bits per heavy atom. The third kappa shape index (κ3) is 3.44. The molecule has 0 bridgehead atoms. The van der Waals surface area contributed by atoms with Crippen LogP contribution in [0.25, 0.3) is 0 Å². The highest BCUT2D eigenvalue weighted by molar-refractivity contribution is 8.13. The highest BCUT2D eigenvalue weighted by atomic mass is 35.7. The van der Waals surface area contributed by atoms with Crippen molar-refractivity contribution in [3.8, 4) is 11.8 Å². The molecule has 1 rings (SSSR count). The van der Waals surface area contributed by atoms with E-state index in [2.05, 4.69) is 5.92 Å². The summed E-state index contributed by atoms with van der Waals surface area (Å²) in [6, 6.07) is 2.87. The fourth-order valence-electron chi connectivity index (χ4n) is 1.05. The van der Waals surface area contributed by atoms with E-state index in [1.54, 1.807) is 0 Å². The second kappa shape index (κ2) is 5.03. The van der Waals surface area contributed by atoms with Crippen molar-refractivity contribution < 1.29 is 18.1 Å². The molecule has 0 aromatic heterocycles. The molecule has 0 radical (unpaired) electrons.